The van der Waals surface area contributed by atoms with Gasteiger partial charge in [0.05, 0.1) is 17.6 Å². The maximum Gasteiger partial charge on any atom is 0.150 e. The number of carbonyl (C=O) groups is 1. The van der Waals surface area contributed by atoms with Gasteiger partial charge in [-0.1, -0.05) is 51.1 Å². The minimum atomic E-state index is 0.379. The molecule has 1 unspecified atom stereocenters. The lowest BCUT2D eigenvalue weighted by Gasteiger charge is -2.34. The fourth-order valence-corrected chi connectivity index (χ4v) is 3.77. The quantitative estimate of drug-likeness (QED) is 0.624. The molecule has 148 valence electrons. The molecule has 0 fully saturated rings. The predicted molar refractivity (Wildman–Crippen MR) is 114 cm³/mol. The predicted octanol–water partition coefficient (Wildman–Crippen LogP) is 5.36. The number of aryl methyl sites for hydroxylation is 1. The number of carbonyl (C=O) groups excluding carboxylic acids is 1. The van der Waals surface area contributed by atoms with E-state index in [9.17, 15) is 4.79 Å². The highest BCUT2D eigenvalue weighted by atomic mass is 16.5. The van der Waals surface area contributed by atoms with Crippen LogP contribution in [0.25, 0.3) is 11.0 Å². The Labute approximate surface area is 167 Å². The smallest absolute Gasteiger partial charge is 0.150 e. The molecule has 4 heteroatoms. The summed E-state index contributed by atoms with van der Waals surface area (Å²) in [4.78, 5) is 18.3. The molecule has 1 aliphatic rings. The molecule has 1 aromatic carbocycles. The number of nitrogens with zero attached hydrogens (tertiary/aromatic N) is 1. The van der Waals surface area contributed by atoms with Crippen LogP contribution >= 0.6 is 0 Å². The number of methoxy groups -OCH3 is 1. The van der Waals surface area contributed by atoms with Gasteiger partial charge in [-0.05, 0) is 48.3 Å². The average molecular weight is 379 g/mol. The van der Waals surface area contributed by atoms with Gasteiger partial charge in [-0.2, -0.15) is 0 Å². The van der Waals surface area contributed by atoms with Crippen molar-refractivity contribution in [2.24, 2.45) is 11.3 Å². The normalized spacial score (nSPS) is 16.2. The number of benzene rings is 1. The molecule has 28 heavy (non-hydrogen) atoms. The number of aldehydes is 1. The van der Waals surface area contributed by atoms with Crippen molar-refractivity contribution in [2.75, 3.05) is 7.11 Å². The second-order valence-electron chi connectivity index (χ2n) is 8.59. The Morgan fingerprint density at radius 1 is 1.21 bits per heavy atom. The zero-order valence-electron chi connectivity index (χ0n) is 17.3. The van der Waals surface area contributed by atoms with Crippen LogP contribution in [0.3, 0.4) is 0 Å². The van der Waals surface area contributed by atoms with Gasteiger partial charge in [0.15, 0.2) is 0 Å². The molecule has 1 atom stereocenters. The van der Waals surface area contributed by atoms with Crippen LogP contribution < -0.4 is 0 Å². The molecular weight excluding hydrogens is 348 g/mol. The van der Waals surface area contributed by atoms with Crippen molar-refractivity contribution in [2.45, 2.75) is 46.6 Å². The third kappa shape index (κ3) is 4.87. The molecular formula is C24H30N2O2. The SMILES string of the molecule is COCc1cc2nc3c(cc2[nH]1)CC(C(C)(C)C)CC3.O=Cc1ccccc1. The fourth-order valence-electron chi connectivity index (χ4n) is 3.77. The molecule has 2 heterocycles. The van der Waals surface area contributed by atoms with E-state index in [4.69, 9.17) is 9.72 Å². The molecule has 0 saturated carbocycles. The van der Waals surface area contributed by atoms with Gasteiger partial charge in [0.1, 0.15) is 6.29 Å². The number of hydrogen-bond donors (Lipinski definition) is 1. The number of H-pyrrole nitrogens is 1. The number of nitrogens with one attached hydrogen (secondary N) is 1. The highest BCUT2D eigenvalue weighted by Gasteiger charge is 2.29. The number of aromatic amines is 1. The third-order valence-electron chi connectivity index (χ3n) is 5.48. The summed E-state index contributed by atoms with van der Waals surface area (Å²) in [7, 11) is 1.72. The summed E-state index contributed by atoms with van der Waals surface area (Å²) in [5.74, 6) is 0.752. The Balaban J connectivity index is 0.000000236. The van der Waals surface area contributed by atoms with Gasteiger partial charge in [0, 0.05) is 24.1 Å². The van der Waals surface area contributed by atoms with Crippen molar-refractivity contribution in [3.8, 4) is 0 Å². The maximum atomic E-state index is 10.0. The molecule has 1 aliphatic carbocycles. The summed E-state index contributed by atoms with van der Waals surface area (Å²) >= 11 is 0. The zero-order valence-corrected chi connectivity index (χ0v) is 17.3. The first-order valence-corrected chi connectivity index (χ1v) is 9.90. The van der Waals surface area contributed by atoms with E-state index in [-0.39, 0.29) is 0 Å². The van der Waals surface area contributed by atoms with Crippen molar-refractivity contribution in [3.05, 3.63) is 65.0 Å². The Hall–Kier alpha value is -2.46. The van der Waals surface area contributed by atoms with E-state index in [0.29, 0.717) is 12.0 Å². The van der Waals surface area contributed by atoms with Gasteiger partial charge in [-0.15, -0.1) is 0 Å². The first-order chi connectivity index (χ1) is 13.4. The lowest BCUT2D eigenvalue weighted by molar-refractivity contribution is 0.112. The van der Waals surface area contributed by atoms with Crippen LogP contribution in [-0.4, -0.2) is 23.4 Å². The highest BCUT2D eigenvalue weighted by molar-refractivity contribution is 5.77. The Morgan fingerprint density at radius 2 is 1.96 bits per heavy atom. The van der Waals surface area contributed by atoms with Crippen LogP contribution in [0.4, 0.5) is 0 Å². The lowest BCUT2D eigenvalue weighted by atomic mass is 9.71. The van der Waals surface area contributed by atoms with Crippen LogP contribution in [0.15, 0.2) is 42.5 Å². The average Bonchev–Trinajstić information content (AvgIpc) is 3.07. The van der Waals surface area contributed by atoms with Crippen molar-refractivity contribution in [1.29, 1.82) is 0 Å². The van der Waals surface area contributed by atoms with Crippen LogP contribution in [0, 0.1) is 11.3 Å². The van der Waals surface area contributed by atoms with Crippen LogP contribution in [-0.2, 0) is 24.2 Å². The van der Waals surface area contributed by atoms with Crippen LogP contribution in [0.1, 0.15) is 54.5 Å². The van der Waals surface area contributed by atoms with E-state index in [2.05, 4.69) is 37.9 Å². The standard InChI is InChI=1S/C17H24N2O.C7H6O/c1-17(2,3)12-5-6-14-11(7-12)8-15-16(19-14)9-13(18-15)10-20-4;8-6-7-4-2-1-3-5-7/h8-9,12,18H,5-7,10H2,1-4H3;1-6H. The van der Waals surface area contributed by atoms with Crippen molar-refractivity contribution < 1.29 is 9.53 Å². The highest BCUT2D eigenvalue weighted by Crippen LogP contribution is 2.37. The molecule has 2 aromatic heterocycles. The van der Waals surface area contributed by atoms with Gasteiger partial charge in [0.2, 0.25) is 0 Å². The first-order valence-electron chi connectivity index (χ1n) is 9.90. The monoisotopic (exact) mass is 378 g/mol. The largest absolute Gasteiger partial charge is 0.378 e. The molecule has 0 bridgehead atoms. The van der Waals surface area contributed by atoms with Crippen LogP contribution in [0.2, 0.25) is 0 Å². The van der Waals surface area contributed by atoms with E-state index >= 15 is 0 Å². The molecule has 0 amide bonds. The van der Waals surface area contributed by atoms with Crippen molar-refractivity contribution in [3.63, 3.8) is 0 Å². The number of aromatic nitrogens is 2. The molecule has 0 aliphatic heterocycles. The number of fused-ring (bicyclic) bond motifs is 2. The molecule has 4 rings (SSSR count). The molecule has 0 radical (unpaired) electrons. The van der Waals surface area contributed by atoms with Crippen LogP contribution in [0.5, 0.6) is 0 Å². The summed E-state index contributed by atoms with van der Waals surface area (Å²) in [5.41, 5.74) is 7.15. The minimum Gasteiger partial charge on any atom is -0.378 e. The summed E-state index contributed by atoms with van der Waals surface area (Å²) in [6, 6.07) is 13.5. The van der Waals surface area contributed by atoms with E-state index in [1.807, 2.05) is 18.2 Å². The van der Waals surface area contributed by atoms with E-state index in [1.165, 1.54) is 17.7 Å². The van der Waals surface area contributed by atoms with Crippen molar-refractivity contribution >= 4 is 17.3 Å². The van der Waals surface area contributed by atoms with E-state index < -0.39 is 0 Å². The topological polar surface area (TPSA) is 55.0 Å². The second-order valence-corrected chi connectivity index (χ2v) is 8.59. The van der Waals surface area contributed by atoms with Gasteiger partial charge >= 0.3 is 0 Å². The Morgan fingerprint density at radius 3 is 2.57 bits per heavy atom. The molecule has 3 aromatic rings. The zero-order chi connectivity index (χ0) is 20.1. The van der Waals surface area contributed by atoms with Gasteiger partial charge < -0.3 is 9.72 Å². The summed E-state index contributed by atoms with van der Waals surface area (Å²) in [6.07, 6.45) is 4.35. The maximum absolute atomic E-state index is 10.0. The molecule has 0 spiro atoms. The summed E-state index contributed by atoms with van der Waals surface area (Å²) in [6.45, 7) is 7.66. The Bertz CT molecular complexity index is 923. The number of ether oxygens (including phenoxy) is 1. The third-order valence-corrected chi connectivity index (χ3v) is 5.48. The molecule has 1 N–H and O–H groups in total. The number of pyridine rings is 1. The van der Waals surface area contributed by atoms with Gasteiger partial charge in [-0.3, -0.25) is 9.78 Å². The minimum absolute atomic E-state index is 0.379. The summed E-state index contributed by atoms with van der Waals surface area (Å²) in [5, 5.41) is 0. The fraction of sp³-hybridized carbons (Fsp3) is 0.417. The van der Waals surface area contributed by atoms with Crippen molar-refractivity contribution in [1.82, 2.24) is 9.97 Å². The molecule has 0 saturated heterocycles. The first kappa shape index (κ1) is 20.3. The Kier molecular flexibility index (Phi) is 6.30. The second kappa shape index (κ2) is 8.70. The number of hydrogen-bond acceptors (Lipinski definition) is 3. The lowest BCUT2D eigenvalue weighted by Crippen LogP contribution is -2.27. The summed E-state index contributed by atoms with van der Waals surface area (Å²) < 4.78 is 5.19. The molecule has 4 nitrogen and oxygen atoms in total. The van der Waals surface area contributed by atoms with Gasteiger partial charge in [-0.25, -0.2) is 0 Å². The van der Waals surface area contributed by atoms with E-state index in [1.54, 1.807) is 19.2 Å². The van der Waals surface area contributed by atoms with Gasteiger partial charge in [0.25, 0.3) is 0 Å². The number of rotatable bonds is 3. The van der Waals surface area contributed by atoms with E-state index in [0.717, 1.165) is 47.3 Å².